The van der Waals surface area contributed by atoms with Gasteiger partial charge in [-0.05, 0) is 26.8 Å². The van der Waals surface area contributed by atoms with Crippen molar-refractivity contribution in [2.24, 2.45) is 11.8 Å². The van der Waals surface area contributed by atoms with E-state index in [1.165, 1.54) is 6.92 Å². The number of rotatable bonds is 7. The van der Waals surface area contributed by atoms with Gasteiger partial charge in [-0.15, -0.1) is 0 Å². The Morgan fingerprint density at radius 1 is 1.09 bits per heavy atom. The van der Waals surface area contributed by atoms with Crippen molar-refractivity contribution in [2.75, 3.05) is 20.8 Å². The first kappa shape index (κ1) is 26.4. The largest absolute Gasteiger partial charge is 0.463 e. The van der Waals surface area contributed by atoms with Gasteiger partial charge in [0.1, 0.15) is 24.9 Å². The molecule has 10 atom stereocenters. The van der Waals surface area contributed by atoms with E-state index in [-0.39, 0.29) is 24.5 Å². The smallest absolute Gasteiger partial charge is 0.302 e. The Morgan fingerprint density at radius 3 is 2.41 bits per heavy atom. The molecule has 0 radical (unpaired) electrons. The molecule has 2 heterocycles. The average molecular weight is 454 g/mol. The van der Waals surface area contributed by atoms with Gasteiger partial charge in [-0.1, -0.05) is 19.8 Å². The molecule has 0 aliphatic carbocycles. The summed E-state index contributed by atoms with van der Waals surface area (Å²) in [5.74, 6) is 7.09. The number of aliphatic hydroxyl groups excluding tert-OH is 1. The minimum Gasteiger partial charge on any atom is -0.463 e. The lowest BCUT2D eigenvalue weighted by Gasteiger charge is -2.48. The summed E-state index contributed by atoms with van der Waals surface area (Å²) in [5.41, 5.74) is 0. The first-order chi connectivity index (χ1) is 15.2. The molecule has 2 saturated heterocycles. The van der Waals surface area contributed by atoms with Crippen LogP contribution in [0.1, 0.15) is 34.6 Å². The molecule has 180 valence electrons. The highest BCUT2D eigenvalue weighted by Crippen LogP contribution is 2.35. The Bertz CT molecular complexity index is 738. The Morgan fingerprint density at radius 2 is 1.81 bits per heavy atom. The highest BCUT2D eigenvalue weighted by atomic mass is 16.7. The molecular weight excluding hydrogens is 418 g/mol. The lowest BCUT2D eigenvalue weighted by atomic mass is 9.87. The molecule has 0 aromatic rings. The normalized spacial score (nSPS) is 39.1. The number of hydrogen-bond acceptors (Lipinski definition) is 9. The standard InChI is InChI=1S/C23H35NO8/c1-8-9-10-11-28-23-18(24-6)13(2)20(17(31-23)12-29-16(5)25)32-22-14(3)21(27-7)19(26)15(4)30-22/h13-15,17-24,26H,12H2,1-7H3/t13-,14+,15?,17?,18?,19-,20+,21?,22+,23-/m1/s1. The SMILES string of the molecule is CC#CC#CO[C@@H]1OC(COC(C)=O)[C@@H](O[C@@H]2OC(C)[C@@H](O)C(OC)[C@@H]2C)[C@H](C)C1NC. The van der Waals surface area contributed by atoms with Gasteiger partial charge in [-0.3, -0.25) is 4.79 Å². The van der Waals surface area contributed by atoms with Gasteiger partial charge >= 0.3 is 5.97 Å². The molecule has 0 aromatic heterocycles. The molecule has 2 N–H and O–H groups in total. The van der Waals surface area contributed by atoms with Crippen LogP contribution in [0.2, 0.25) is 0 Å². The molecule has 0 aromatic carbocycles. The lowest BCUT2D eigenvalue weighted by Crippen LogP contribution is -2.62. The molecule has 0 amide bonds. The fourth-order valence-electron chi connectivity index (χ4n) is 4.16. The van der Waals surface area contributed by atoms with Gasteiger partial charge in [-0.2, -0.15) is 0 Å². The zero-order valence-electron chi connectivity index (χ0n) is 19.8. The fraction of sp³-hybridized carbons (Fsp3) is 0.783. The lowest BCUT2D eigenvalue weighted by molar-refractivity contribution is -0.325. The number of ether oxygens (including phenoxy) is 6. The average Bonchev–Trinajstić information content (AvgIpc) is 2.75. The predicted molar refractivity (Wildman–Crippen MR) is 115 cm³/mol. The third-order valence-electron chi connectivity index (χ3n) is 5.93. The number of hydrogen-bond donors (Lipinski definition) is 2. The molecule has 2 aliphatic rings. The molecule has 2 rings (SSSR count). The molecule has 0 saturated carbocycles. The molecule has 32 heavy (non-hydrogen) atoms. The number of methoxy groups -OCH3 is 1. The van der Waals surface area contributed by atoms with Crippen LogP contribution in [0.25, 0.3) is 0 Å². The minimum absolute atomic E-state index is 0.0180. The monoisotopic (exact) mass is 453 g/mol. The molecule has 9 heteroatoms. The van der Waals surface area contributed by atoms with E-state index in [0.717, 1.165) is 0 Å². The van der Waals surface area contributed by atoms with Crippen LogP contribution >= 0.6 is 0 Å². The number of nitrogens with one attached hydrogen (secondary N) is 1. The van der Waals surface area contributed by atoms with Gasteiger partial charge < -0.3 is 38.8 Å². The van der Waals surface area contributed by atoms with Crippen LogP contribution in [-0.4, -0.2) is 81.0 Å². The predicted octanol–water partition coefficient (Wildman–Crippen LogP) is 0.641. The van der Waals surface area contributed by atoms with Crippen molar-refractivity contribution in [2.45, 2.75) is 83.8 Å². The van der Waals surface area contributed by atoms with Crippen molar-refractivity contribution >= 4 is 5.97 Å². The van der Waals surface area contributed by atoms with Gasteiger partial charge in [0, 0.05) is 31.8 Å². The van der Waals surface area contributed by atoms with Crippen LogP contribution in [0.5, 0.6) is 0 Å². The van der Waals surface area contributed by atoms with Crippen LogP contribution in [-0.2, 0) is 33.2 Å². The molecule has 4 unspecified atom stereocenters. The van der Waals surface area contributed by atoms with Gasteiger partial charge in [0.05, 0.1) is 24.4 Å². The Balaban J connectivity index is 2.24. The second-order valence-corrected chi connectivity index (χ2v) is 8.10. The van der Waals surface area contributed by atoms with E-state index < -0.39 is 49.1 Å². The van der Waals surface area contributed by atoms with Crippen molar-refractivity contribution in [3.63, 3.8) is 0 Å². The Kier molecular flexibility index (Phi) is 10.2. The maximum absolute atomic E-state index is 11.5. The van der Waals surface area contributed by atoms with Crippen molar-refractivity contribution in [3.8, 4) is 23.9 Å². The summed E-state index contributed by atoms with van der Waals surface area (Å²) < 4.78 is 34.8. The number of likely N-dealkylation sites (N-methyl/N-ethyl adjacent to an activating group) is 1. The third kappa shape index (κ3) is 6.35. The fourth-order valence-corrected chi connectivity index (χ4v) is 4.16. The second-order valence-electron chi connectivity index (χ2n) is 8.10. The highest BCUT2D eigenvalue weighted by Gasteiger charge is 2.49. The maximum Gasteiger partial charge on any atom is 0.302 e. The number of carbonyl (C=O) groups is 1. The summed E-state index contributed by atoms with van der Waals surface area (Å²) in [5, 5.41) is 13.6. The van der Waals surface area contributed by atoms with Gasteiger partial charge in [0.15, 0.2) is 6.29 Å². The van der Waals surface area contributed by atoms with E-state index >= 15 is 0 Å². The summed E-state index contributed by atoms with van der Waals surface area (Å²) in [6, 6.07) is -0.266. The maximum atomic E-state index is 11.5. The van der Waals surface area contributed by atoms with Crippen molar-refractivity contribution in [1.29, 1.82) is 0 Å². The van der Waals surface area contributed by atoms with E-state index in [0.29, 0.717) is 0 Å². The van der Waals surface area contributed by atoms with Crippen molar-refractivity contribution in [1.82, 2.24) is 5.32 Å². The van der Waals surface area contributed by atoms with E-state index in [2.05, 4.69) is 29.2 Å². The van der Waals surface area contributed by atoms with Gasteiger partial charge in [-0.25, -0.2) is 0 Å². The topological polar surface area (TPSA) is 105 Å². The van der Waals surface area contributed by atoms with Crippen LogP contribution in [0.3, 0.4) is 0 Å². The summed E-state index contributed by atoms with van der Waals surface area (Å²) in [4.78, 5) is 11.5. The van der Waals surface area contributed by atoms with E-state index in [9.17, 15) is 9.90 Å². The van der Waals surface area contributed by atoms with Crippen molar-refractivity contribution in [3.05, 3.63) is 0 Å². The van der Waals surface area contributed by atoms with Crippen LogP contribution < -0.4 is 5.32 Å². The van der Waals surface area contributed by atoms with Gasteiger partial charge in [0.2, 0.25) is 6.29 Å². The Labute approximate surface area is 190 Å². The second kappa shape index (κ2) is 12.4. The molecule has 2 aliphatic heterocycles. The van der Waals surface area contributed by atoms with E-state index in [1.54, 1.807) is 28.0 Å². The van der Waals surface area contributed by atoms with Crippen LogP contribution in [0, 0.1) is 35.7 Å². The zero-order chi connectivity index (χ0) is 23.8. The zero-order valence-corrected chi connectivity index (χ0v) is 19.8. The van der Waals surface area contributed by atoms with Gasteiger partial charge in [0.25, 0.3) is 0 Å². The summed E-state index contributed by atoms with van der Waals surface area (Å²) in [7, 11) is 3.35. The summed E-state index contributed by atoms with van der Waals surface area (Å²) in [6.07, 6.45) is -1.63. The molecule has 9 nitrogen and oxygen atoms in total. The summed E-state index contributed by atoms with van der Waals surface area (Å²) in [6.45, 7) is 8.66. The number of carbonyl (C=O) groups excluding carboxylic acids is 1. The summed E-state index contributed by atoms with van der Waals surface area (Å²) >= 11 is 0. The Hall–Kier alpha value is -1.85. The highest BCUT2D eigenvalue weighted by molar-refractivity contribution is 5.65. The first-order valence-corrected chi connectivity index (χ1v) is 10.8. The number of aliphatic hydroxyl groups is 1. The molecule has 0 spiro atoms. The van der Waals surface area contributed by atoms with Crippen LogP contribution in [0.4, 0.5) is 0 Å². The molecule has 0 bridgehead atoms. The molecule has 2 fully saturated rings. The van der Waals surface area contributed by atoms with E-state index in [1.807, 2.05) is 13.8 Å². The first-order valence-electron chi connectivity index (χ1n) is 10.8. The van der Waals surface area contributed by atoms with E-state index in [4.69, 9.17) is 28.4 Å². The molecular formula is C23H35NO8. The third-order valence-corrected chi connectivity index (χ3v) is 5.93. The quantitative estimate of drug-likeness (QED) is 0.424. The van der Waals surface area contributed by atoms with Crippen LogP contribution in [0.15, 0.2) is 0 Å². The van der Waals surface area contributed by atoms with Crippen molar-refractivity contribution < 1.29 is 38.3 Å². The number of esters is 1. The minimum atomic E-state index is -0.764.